The predicted molar refractivity (Wildman–Crippen MR) is 115 cm³/mol. The number of thioether (sulfide) groups is 2. The number of hydrogen-bond acceptors (Lipinski definition) is 5. The molecule has 0 radical (unpaired) electrons. The lowest BCUT2D eigenvalue weighted by Crippen LogP contribution is -2.14. The molecule has 3 nitrogen and oxygen atoms in total. The lowest BCUT2D eigenvalue weighted by molar-refractivity contribution is -0.113. The zero-order chi connectivity index (χ0) is 18.4. The summed E-state index contributed by atoms with van der Waals surface area (Å²) in [4.78, 5) is 17.9. The molecule has 3 aromatic rings. The van der Waals surface area contributed by atoms with E-state index in [1.165, 1.54) is 5.56 Å². The van der Waals surface area contributed by atoms with E-state index < -0.39 is 0 Å². The van der Waals surface area contributed by atoms with Crippen molar-refractivity contribution in [3.05, 3.63) is 65.2 Å². The predicted octanol–water partition coefficient (Wildman–Crippen LogP) is 5.71. The molecule has 0 aliphatic carbocycles. The standard InChI is InChI=1S/C20H20N2OS3/c1-14-6-8-15(9-7-14)20-22-17(12-26-20)11-25-13-19(23)21-16-4-3-5-18(10-16)24-2/h3-10,12H,11,13H2,1-2H3,(H,21,23). The quantitative estimate of drug-likeness (QED) is 0.516. The Morgan fingerprint density at radius 3 is 2.77 bits per heavy atom. The van der Waals surface area contributed by atoms with Gasteiger partial charge in [-0.3, -0.25) is 4.79 Å². The van der Waals surface area contributed by atoms with Crippen LogP contribution in [0.2, 0.25) is 0 Å². The van der Waals surface area contributed by atoms with E-state index in [-0.39, 0.29) is 5.91 Å². The normalized spacial score (nSPS) is 10.7. The molecule has 0 aliphatic rings. The molecule has 0 fully saturated rings. The third-order valence-corrected chi connectivity index (χ3v) is 6.32. The molecule has 0 unspecified atom stereocenters. The van der Waals surface area contributed by atoms with Crippen LogP contribution in [-0.4, -0.2) is 22.9 Å². The Bertz CT molecular complexity index is 875. The van der Waals surface area contributed by atoms with E-state index in [9.17, 15) is 4.79 Å². The van der Waals surface area contributed by atoms with E-state index in [0.29, 0.717) is 5.75 Å². The second kappa shape index (κ2) is 9.26. The second-order valence-electron chi connectivity index (χ2n) is 5.78. The first-order chi connectivity index (χ1) is 12.6. The molecule has 0 saturated carbocycles. The Balaban J connectivity index is 1.48. The van der Waals surface area contributed by atoms with E-state index in [2.05, 4.69) is 46.9 Å². The Labute approximate surface area is 166 Å². The largest absolute Gasteiger partial charge is 0.325 e. The van der Waals surface area contributed by atoms with E-state index in [4.69, 9.17) is 0 Å². The van der Waals surface area contributed by atoms with Crippen molar-refractivity contribution in [2.75, 3.05) is 17.3 Å². The number of carbonyl (C=O) groups is 1. The Morgan fingerprint density at radius 1 is 1.19 bits per heavy atom. The van der Waals surface area contributed by atoms with Crippen molar-refractivity contribution in [1.82, 2.24) is 4.98 Å². The summed E-state index contributed by atoms with van der Waals surface area (Å²) >= 11 is 4.89. The fourth-order valence-corrected chi connectivity index (χ4v) is 4.46. The van der Waals surface area contributed by atoms with Crippen molar-refractivity contribution < 1.29 is 4.79 Å². The summed E-state index contributed by atoms with van der Waals surface area (Å²) in [6.45, 7) is 2.08. The molecule has 0 atom stereocenters. The van der Waals surface area contributed by atoms with Gasteiger partial charge in [0.1, 0.15) is 5.01 Å². The minimum atomic E-state index is 0.0160. The number of aryl methyl sites for hydroxylation is 1. The van der Waals surface area contributed by atoms with Gasteiger partial charge < -0.3 is 5.32 Å². The molecule has 1 amide bonds. The molecule has 1 aromatic heterocycles. The molecule has 2 aromatic carbocycles. The van der Waals surface area contributed by atoms with Gasteiger partial charge in [0.15, 0.2) is 0 Å². The summed E-state index contributed by atoms with van der Waals surface area (Å²) in [5, 5.41) is 6.05. The van der Waals surface area contributed by atoms with Gasteiger partial charge >= 0.3 is 0 Å². The van der Waals surface area contributed by atoms with Crippen LogP contribution < -0.4 is 5.32 Å². The van der Waals surface area contributed by atoms with E-state index in [1.54, 1.807) is 34.9 Å². The van der Waals surface area contributed by atoms with Crippen LogP contribution in [0.5, 0.6) is 0 Å². The van der Waals surface area contributed by atoms with Gasteiger partial charge in [0.25, 0.3) is 0 Å². The minimum absolute atomic E-state index is 0.0160. The number of benzene rings is 2. The average Bonchev–Trinajstić information content (AvgIpc) is 3.11. The van der Waals surface area contributed by atoms with Crippen molar-refractivity contribution in [3.8, 4) is 10.6 Å². The maximum absolute atomic E-state index is 12.1. The van der Waals surface area contributed by atoms with Crippen molar-refractivity contribution in [2.45, 2.75) is 17.6 Å². The van der Waals surface area contributed by atoms with Gasteiger partial charge in [0, 0.05) is 27.3 Å². The molecular weight excluding hydrogens is 380 g/mol. The van der Waals surface area contributed by atoms with Crippen molar-refractivity contribution in [2.24, 2.45) is 0 Å². The highest BCUT2D eigenvalue weighted by molar-refractivity contribution is 7.99. The van der Waals surface area contributed by atoms with Gasteiger partial charge in [-0.05, 0) is 31.4 Å². The van der Waals surface area contributed by atoms with Crippen molar-refractivity contribution in [1.29, 1.82) is 0 Å². The zero-order valence-corrected chi connectivity index (χ0v) is 17.1. The molecule has 134 valence electrons. The van der Waals surface area contributed by atoms with Gasteiger partial charge in [-0.15, -0.1) is 34.9 Å². The van der Waals surface area contributed by atoms with Gasteiger partial charge in [-0.1, -0.05) is 35.9 Å². The number of amides is 1. The number of nitrogens with one attached hydrogen (secondary N) is 1. The van der Waals surface area contributed by atoms with Crippen molar-refractivity contribution in [3.63, 3.8) is 0 Å². The summed E-state index contributed by atoms with van der Waals surface area (Å²) in [6.07, 6.45) is 2.02. The third kappa shape index (κ3) is 5.37. The Kier molecular flexibility index (Phi) is 6.77. The molecule has 26 heavy (non-hydrogen) atoms. The number of carbonyl (C=O) groups excluding carboxylic acids is 1. The molecule has 0 bridgehead atoms. The third-order valence-electron chi connectivity index (χ3n) is 3.69. The maximum Gasteiger partial charge on any atom is 0.234 e. The minimum Gasteiger partial charge on any atom is -0.325 e. The molecule has 0 saturated heterocycles. The zero-order valence-electron chi connectivity index (χ0n) is 14.7. The maximum atomic E-state index is 12.1. The first-order valence-electron chi connectivity index (χ1n) is 8.17. The fraction of sp³-hybridized carbons (Fsp3) is 0.200. The highest BCUT2D eigenvalue weighted by atomic mass is 32.2. The fourth-order valence-electron chi connectivity index (χ4n) is 2.35. The summed E-state index contributed by atoms with van der Waals surface area (Å²) < 4.78 is 0. The number of anilines is 1. The highest BCUT2D eigenvalue weighted by Crippen LogP contribution is 2.26. The van der Waals surface area contributed by atoms with Crippen LogP contribution in [-0.2, 0) is 10.5 Å². The van der Waals surface area contributed by atoms with Crippen LogP contribution in [0.15, 0.2) is 58.8 Å². The number of thiazole rings is 1. The number of rotatable bonds is 7. The SMILES string of the molecule is CSc1cccc(NC(=O)CSCc2csc(-c3ccc(C)cc3)n2)c1. The van der Waals surface area contributed by atoms with Crippen LogP contribution in [0.3, 0.4) is 0 Å². The molecule has 1 N–H and O–H groups in total. The van der Waals surface area contributed by atoms with Gasteiger partial charge in [-0.25, -0.2) is 4.98 Å². The van der Waals surface area contributed by atoms with Gasteiger partial charge in [0.2, 0.25) is 5.91 Å². The van der Waals surface area contributed by atoms with Gasteiger partial charge in [-0.2, -0.15) is 0 Å². The van der Waals surface area contributed by atoms with Crippen molar-refractivity contribution >= 4 is 46.5 Å². The molecule has 6 heteroatoms. The van der Waals surface area contributed by atoms with Crippen LogP contribution in [0.25, 0.3) is 10.6 Å². The Hall–Kier alpha value is -1.76. The topological polar surface area (TPSA) is 42.0 Å². The second-order valence-corrected chi connectivity index (χ2v) is 8.51. The van der Waals surface area contributed by atoms with Crippen LogP contribution in [0.1, 0.15) is 11.3 Å². The number of nitrogens with zero attached hydrogens (tertiary/aromatic N) is 1. The lowest BCUT2D eigenvalue weighted by atomic mass is 10.2. The molecule has 0 aliphatic heterocycles. The number of aromatic nitrogens is 1. The van der Waals surface area contributed by atoms with Crippen LogP contribution >= 0.6 is 34.9 Å². The first-order valence-corrected chi connectivity index (χ1v) is 11.4. The molecular formula is C20H20N2OS3. The smallest absolute Gasteiger partial charge is 0.234 e. The van der Waals surface area contributed by atoms with Gasteiger partial charge in [0.05, 0.1) is 11.4 Å². The monoisotopic (exact) mass is 400 g/mol. The highest BCUT2D eigenvalue weighted by Gasteiger charge is 2.07. The summed E-state index contributed by atoms with van der Waals surface area (Å²) in [6, 6.07) is 16.3. The van der Waals surface area contributed by atoms with Crippen LogP contribution in [0, 0.1) is 6.92 Å². The average molecular weight is 401 g/mol. The molecule has 3 rings (SSSR count). The van der Waals surface area contributed by atoms with E-state index in [1.807, 2.05) is 30.5 Å². The first kappa shape index (κ1) is 19.0. The number of hydrogen-bond donors (Lipinski definition) is 1. The lowest BCUT2D eigenvalue weighted by Gasteiger charge is -2.06. The molecule has 0 spiro atoms. The summed E-state index contributed by atoms with van der Waals surface area (Å²) in [5.74, 6) is 1.17. The molecule has 1 heterocycles. The summed E-state index contributed by atoms with van der Waals surface area (Å²) in [7, 11) is 0. The van der Waals surface area contributed by atoms with E-state index in [0.717, 1.165) is 32.6 Å². The Morgan fingerprint density at radius 2 is 2.00 bits per heavy atom. The van der Waals surface area contributed by atoms with Crippen LogP contribution in [0.4, 0.5) is 5.69 Å². The van der Waals surface area contributed by atoms with E-state index >= 15 is 0 Å². The summed E-state index contributed by atoms with van der Waals surface area (Å²) in [5.41, 5.74) is 4.25.